The van der Waals surface area contributed by atoms with Crippen LogP contribution in [0, 0.1) is 6.92 Å². The fraction of sp³-hybridized carbons (Fsp3) is 0.750. The monoisotopic (exact) mass is 224 g/mol. The summed E-state index contributed by atoms with van der Waals surface area (Å²) in [4.78, 5) is 4.48. The molecule has 1 aromatic rings. The minimum Gasteiger partial charge on any atom is -0.305 e. The van der Waals surface area contributed by atoms with Gasteiger partial charge in [-0.2, -0.15) is 0 Å². The van der Waals surface area contributed by atoms with Gasteiger partial charge in [0.2, 0.25) is 0 Å². The zero-order chi connectivity index (χ0) is 10.7. The van der Waals surface area contributed by atoms with Gasteiger partial charge in [0.1, 0.15) is 5.01 Å². The molecule has 0 atom stereocenters. The highest BCUT2D eigenvalue weighted by atomic mass is 32.1. The van der Waals surface area contributed by atoms with Gasteiger partial charge in [0.05, 0.1) is 0 Å². The van der Waals surface area contributed by atoms with Crippen molar-refractivity contribution in [1.29, 1.82) is 0 Å². The van der Waals surface area contributed by atoms with E-state index in [1.54, 1.807) is 11.3 Å². The lowest BCUT2D eigenvalue weighted by molar-refractivity contribution is 0.252. The number of nitrogens with zero attached hydrogens (tertiary/aromatic N) is 1. The molecule has 1 heterocycles. The Morgan fingerprint density at radius 3 is 2.73 bits per heavy atom. The van der Waals surface area contributed by atoms with Crippen molar-refractivity contribution < 1.29 is 0 Å². The molecule has 84 valence electrons. The van der Waals surface area contributed by atoms with E-state index in [1.165, 1.54) is 37.1 Å². The van der Waals surface area contributed by atoms with Crippen LogP contribution in [0.1, 0.15) is 49.7 Å². The van der Waals surface area contributed by atoms with Crippen LogP contribution in [0.3, 0.4) is 0 Å². The minimum atomic E-state index is 0.359. The first kappa shape index (κ1) is 11.1. The van der Waals surface area contributed by atoms with Gasteiger partial charge < -0.3 is 5.32 Å². The van der Waals surface area contributed by atoms with Crippen molar-refractivity contribution in [3.8, 4) is 0 Å². The van der Waals surface area contributed by atoms with Crippen molar-refractivity contribution in [2.45, 2.75) is 58.0 Å². The summed E-state index contributed by atoms with van der Waals surface area (Å²) in [5.41, 5.74) is 1.50. The van der Waals surface area contributed by atoms with E-state index >= 15 is 0 Å². The second-order valence-electron chi connectivity index (χ2n) is 4.86. The molecule has 0 aliphatic heterocycles. The van der Waals surface area contributed by atoms with Gasteiger partial charge in [-0.05, 0) is 26.7 Å². The molecule has 0 bridgehead atoms. The molecule has 1 aliphatic rings. The summed E-state index contributed by atoms with van der Waals surface area (Å²) in [5, 5.41) is 7.02. The summed E-state index contributed by atoms with van der Waals surface area (Å²) in [7, 11) is 0. The van der Waals surface area contributed by atoms with Crippen molar-refractivity contribution in [3.63, 3.8) is 0 Å². The van der Waals surface area contributed by atoms with E-state index in [1.807, 2.05) is 0 Å². The Bertz CT molecular complexity index is 313. The van der Waals surface area contributed by atoms with Gasteiger partial charge >= 0.3 is 0 Å². The molecule has 0 amide bonds. The van der Waals surface area contributed by atoms with Crippen LogP contribution >= 0.6 is 11.3 Å². The van der Waals surface area contributed by atoms with E-state index in [-0.39, 0.29) is 0 Å². The molecule has 1 saturated carbocycles. The molecule has 0 aromatic carbocycles. The molecule has 1 N–H and O–H groups in total. The number of aromatic nitrogens is 1. The third kappa shape index (κ3) is 3.02. The first-order valence-electron chi connectivity index (χ1n) is 5.84. The average molecular weight is 224 g/mol. The van der Waals surface area contributed by atoms with Crippen LogP contribution in [-0.2, 0) is 6.54 Å². The molecular weight excluding hydrogens is 204 g/mol. The lowest BCUT2D eigenvalue weighted by Crippen LogP contribution is -2.43. The van der Waals surface area contributed by atoms with Crippen molar-refractivity contribution >= 4 is 11.3 Å². The SMILES string of the molecule is Cc1csc(CNC2(C)CCCCC2)n1. The first-order valence-corrected chi connectivity index (χ1v) is 6.72. The second-order valence-corrected chi connectivity index (χ2v) is 5.80. The molecule has 0 unspecified atom stereocenters. The Labute approximate surface area is 96.1 Å². The van der Waals surface area contributed by atoms with Crippen molar-refractivity contribution in [2.75, 3.05) is 0 Å². The number of rotatable bonds is 3. The molecule has 2 nitrogen and oxygen atoms in total. The highest BCUT2D eigenvalue weighted by Crippen LogP contribution is 2.27. The molecular formula is C12H20N2S. The lowest BCUT2D eigenvalue weighted by Gasteiger charge is -2.34. The largest absolute Gasteiger partial charge is 0.305 e. The molecule has 15 heavy (non-hydrogen) atoms. The van der Waals surface area contributed by atoms with E-state index in [0.29, 0.717) is 5.54 Å². The Morgan fingerprint density at radius 1 is 1.40 bits per heavy atom. The van der Waals surface area contributed by atoms with Gasteiger partial charge in [-0.25, -0.2) is 4.98 Å². The van der Waals surface area contributed by atoms with Crippen molar-refractivity contribution in [3.05, 3.63) is 16.1 Å². The zero-order valence-electron chi connectivity index (χ0n) is 9.68. The molecule has 0 spiro atoms. The third-order valence-corrected chi connectivity index (χ3v) is 4.26. The van der Waals surface area contributed by atoms with Gasteiger partial charge in [-0.15, -0.1) is 11.3 Å². The maximum atomic E-state index is 4.48. The highest BCUT2D eigenvalue weighted by Gasteiger charge is 2.25. The average Bonchev–Trinajstić information content (AvgIpc) is 2.63. The molecule has 3 heteroatoms. The van der Waals surface area contributed by atoms with Crippen LogP contribution in [0.5, 0.6) is 0 Å². The van der Waals surface area contributed by atoms with Gasteiger partial charge in [0, 0.05) is 23.2 Å². The Balaban J connectivity index is 1.86. The normalized spacial score (nSPS) is 20.4. The molecule has 1 aromatic heterocycles. The van der Waals surface area contributed by atoms with Crippen molar-refractivity contribution in [1.82, 2.24) is 10.3 Å². The predicted molar refractivity (Wildman–Crippen MR) is 65.2 cm³/mol. The van der Waals surface area contributed by atoms with Gasteiger partial charge in [0.15, 0.2) is 0 Å². The van der Waals surface area contributed by atoms with E-state index in [9.17, 15) is 0 Å². The van der Waals surface area contributed by atoms with Crippen LogP contribution < -0.4 is 5.32 Å². The van der Waals surface area contributed by atoms with Crippen LogP contribution in [0.15, 0.2) is 5.38 Å². The Kier molecular flexibility index (Phi) is 3.42. The highest BCUT2D eigenvalue weighted by molar-refractivity contribution is 7.09. The summed E-state index contributed by atoms with van der Waals surface area (Å²) in [5.74, 6) is 0. The van der Waals surface area contributed by atoms with Crippen LogP contribution in [0.25, 0.3) is 0 Å². The maximum absolute atomic E-state index is 4.48. The summed E-state index contributed by atoms with van der Waals surface area (Å²) in [6, 6.07) is 0. The first-order chi connectivity index (χ1) is 7.18. The van der Waals surface area contributed by atoms with Gasteiger partial charge in [-0.1, -0.05) is 19.3 Å². The fourth-order valence-electron chi connectivity index (χ4n) is 2.28. The number of hydrogen-bond donors (Lipinski definition) is 1. The molecule has 1 aliphatic carbocycles. The molecule has 1 fully saturated rings. The summed E-state index contributed by atoms with van der Waals surface area (Å²) in [6.45, 7) is 5.35. The molecule has 0 radical (unpaired) electrons. The summed E-state index contributed by atoms with van der Waals surface area (Å²) in [6.07, 6.45) is 6.79. The fourth-order valence-corrected chi connectivity index (χ4v) is 2.99. The summed E-state index contributed by atoms with van der Waals surface area (Å²) >= 11 is 1.76. The summed E-state index contributed by atoms with van der Waals surface area (Å²) < 4.78 is 0. The van der Waals surface area contributed by atoms with Crippen LogP contribution in [0.2, 0.25) is 0 Å². The maximum Gasteiger partial charge on any atom is 0.107 e. The minimum absolute atomic E-state index is 0.359. The molecule has 2 rings (SSSR count). The zero-order valence-corrected chi connectivity index (χ0v) is 10.5. The number of hydrogen-bond acceptors (Lipinski definition) is 3. The topological polar surface area (TPSA) is 24.9 Å². The van der Waals surface area contributed by atoms with E-state index in [4.69, 9.17) is 0 Å². The third-order valence-electron chi connectivity index (χ3n) is 3.29. The second kappa shape index (κ2) is 4.62. The Hall–Kier alpha value is -0.410. The lowest BCUT2D eigenvalue weighted by atomic mass is 9.83. The number of nitrogens with one attached hydrogen (secondary N) is 1. The van der Waals surface area contributed by atoms with Gasteiger partial charge in [-0.3, -0.25) is 0 Å². The van der Waals surface area contributed by atoms with Crippen LogP contribution in [0.4, 0.5) is 0 Å². The predicted octanol–water partition coefficient (Wildman–Crippen LogP) is 3.26. The van der Waals surface area contributed by atoms with Crippen molar-refractivity contribution in [2.24, 2.45) is 0 Å². The number of thiazole rings is 1. The quantitative estimate of drug-likeness (QED) is 0.852. The number of aryl methyl sites for hydroxylation is 1. The van der Waals surface area contributed by atoms with E-state index in [2.05, 4.69) is 29.5 Å². The Morgan fingerprint density at radius 2 is 2.13 bits per heavy atom. The smallest absolute Gasteiger partial charge is 0.107 e. The van der Waals surface area contributed by atoms with Crippen LogP contribution in [-0.4, -0.2) is 10.5 Å². The van der Waals surface area contributed by atoms with Gasteiger partial charge in [0.25, 0.3) is 0 Å². The van der Waals surface area contributed by atoms with E-state index in [0.717, 1.165) is 12.2 Å². The van der Waals surface area contributed by atoms with E-state index < -0.39 is 0 Å². The standard InChI is InChI=1S/C12H20N2S/c1-10-9-15-11(14-10)8-13-12(2)6-4-3-5-7-12/h9,13H,3-8H2,1-2H3. The molecule has 0 saturated heterocycles.